The molecular formula is C11H23NO2. The molecule has 0 spiro atoms. The highest BCUT2D eigenvalue weighted by Crippen LogP contribution is 2.28. The van der Waals surface area contributed by atoms with Gasteiger partial charge in [0.1, 0.15) is 0 Å². The molecule has 0 aromatic carbocycles. The quantitative estimate of drug-likeness (QED) is 0.579. The summed E-state index contributed by atoms with van der Waals surface area (Å²) in [5.41, 5.74) is -0.718. The lowest BCUT2D eigenvalue weighted by Gasteiger charge is -2.23. The summed E-state index contributed by atoms with van der Waals surface area (Å²) < 4.78 is 5.46. The minimum atomic E-state index is -0.718. The van der Waals surface area contributed by atoms with Crippen LogP contribution in [0.2, 0.25) is 0 Å². The third-order valence-corrected chi connectivity index (χ3v) is 2.40. The van der Waals surface area contributed by atoms with Gasteiger partial charge in [-0.3, -0.25) is 0 Å². The first kappa shape index (κ1) is 12.0. The van der Waals surface area contributed by atoms with Crippen molar-refractivity contribution >= 4 is 0 Å². The first-order valence-electron chi connectivity index (χ1n) is 5.65. The Bertz CT molecular complexity index is 155. The van der Waals surface area contributed by atoms with Crippen molar-refractivity contribution in [1.82, 2.24) is 5.32 Å². The van der Waals surface area contributed by atoms with Gasteiger partial charge in [0, 0.05) is 13.2 Å². The van der Waals surface area contributed by atoms with Crippen molar-refractivity contribution in [2.24, 2.45) is 5.92 Å². The first-order valence-corrected chi connectivity index (χ1v) is 5.65. The Morgan fingerprint density at radius 3 is 2.79 bits per heavy atom. The van der Waals surface area contributed by atoms with Gasteiger partial charge >= 0.3 is 0 Å². The van der Waals surface area contributed by atoms with Crippen LogP contribution in [-0.2, 0) is 4.74 Å². The van der Waals surface area contributed by atoms with Crippen LogP contribution in [0, 0.1) is 5.92 Å². The monoisotopic (exact) mass is 201 g/mol. The predicted octanol–water partition coefficient (Wildman–Crippen LogP) is 1.16. The number of ether oxygens (including phenoxy) is 1. The van der Waals surface area contributed by atoms with E-state index in [0.29, 0.717) is 13.2 Å². The molecule has 1 aliphatic carbocycles. The SMILES string of the molecule is CCCNCC(C)(O)COCC1CC1. The highest BCUT2D eigenvalue weighted by atomic mass is 16.5. The van der Waals surface area contributed by atoms with Crippen LogP contribution >= 0.6 is 0 Å². The minimum absolute atomic E-state index is 0.445. The van der Waals surface area contributed by atoms with Crippen LogP contribution in [-0.4, -0.2) is 37.0 Å². The highest BCUT2D eigenvalue weighted by molar-refractivity contribution is 4.77. The molecule has 1 unspecified atom stereocenters. The third-order valence-electron chi connectivity index (χ3n) is 2.40. The summed E-state index contributed by atoms with van der Waals surface area (Å²) in [5.74, 6) is 0.773. The maximum absolute atomic E-state index is 9.89. The van der Waals surface area contributed by atoms with E-state index in [4.69, 9.17) is 4.74 Å². The lowest BCUT2D eigenvalue weighted by molar-refractivity contribution is -0.0347. The normalized spacial score (nSPS) is 20.8. The summed E-state index contributed by atoms with van der Waals surface area (Å²) in [6.45, 7) is 6.78. The van der Waals surface area contributed by atoms with Crippen LogP contribution in [0.3, 0.4) is 0 Å². The van der Waals surface area contributed by atoms with Crippen LogP contribution in [0.15, 0.2) is 0 Å². The third kappa shape index (κ3) is 5.58. The minimum Gasteiger partial charge on any atom is -0.386 e. The summed E-state index contributed by atoms with van der Waals surface area (Å²) in [6.07, 6.45) is 3.70. The smallest absolute Gasteiger partial charge is 0.0975 e. The van der Waals surface area contributed by atoms with Crippen LogP contribution in [0.1, 0.15) is 33.1 Å². The van der Waals surface area contributed by atoms with E-state index in [9.17, 15) is 5.11 Å². The molecule has 0 heterocycles. The van der Waals surface area contributed by atoms with Crippen LogP contribution < -0.4 is 5.32 Å². The van der Waals surface area contributed by atoms with Gasteiger partial charge in [0.2, 0.25) is 0 Å². The van der Waals surface area contributed by atoms with Gasteiger partial charge in [-0.15, -0.1) is 0 Å². The van der Waals surface area contributed by atoms with Crippen LogP contribution in [0.5, 0.6) is 0 Å². The summed E-state index contributed by atoms with van der Waals surface area (Å²) >= 11 is 0. The Hall–Kier alpha value is -0.120. The molecule has 0 aromatic rings. The molecule has 3 nitrogen and oxygen atoms in total. The molecule has 1 saturated carbocycles. The number of aliphatic hydroxyl groups is 1. The van der Waals surface area contributed by atoms with Crippen LogP contribution in [0.4, 0.5) is 0 Å². The highest BCUT2D eigenvalue weighted by Gasteiger charge is 2.24. The molecule has 2 N–H and O–H groups in total. The van der Waals surface area contributed by atoms with Gasteiger partial charge in [-0.1, -0.05) is 6.92 Å². The van der Waals surface area contributed by atoms with E-state index in [1.165, 1.54) is 12.8 Å². The summed E-state index contributed by atoms with van der Waals surface area (Å²) in [4.78, 5) is 0. The van der Waals surface area contributed by atoms with Crippen LogP contribution in [0.25, 0.3) is 0 Å². The maximum atomic E-state index is 9.89. The number of hydrogen-bond donors (Lipinski definition) is 2. The number of hydrogen-bond acceptors (Lipinski definition) is 3. The molecule has 14 heavy (non-hydrogen) atoms. The van der Waals surface area contributed by atoms with Crippen molar-refractivity contribution < 1.29 is 9.84 Å². The molecule has 0 aromatic heterocycles. The van der Waals surface area contributed by atoms with Gasteiger partial charge in [-0.2, -0.15) is 0 Å². The van der Waals surface area contributed by atoms with Crippen molar-refractivity contribution in [3.8, 4) is 0 Å². The molecule has 1 rings (SSSR count). The van der Waals surface area contributed by atoms with Gasteiger partial charge in [0.05, 0.1) is 12.2 Å². The molecule has 1 atom stereocenters. The van der Waals surface area contributed by atoms with Crippen molar-refractivity contribution in [3.63, 3.8) is 0 Å². The second-order valence-electron chi connectivity index (χ2n) is 4.63. The van der Waals surface area contributed by atoms with Crippen molar-refractivity contribution in [3.05, 3.63) is 0 Å². The van der Waals surface area contributed by atoms with Crippen molar-refractivity contribution in [1.29, 1.82) is 0 Å². The Kier molecular flexibility index (Phi) is 4.85. The molecule has 0 radical (unpaired) electrons. The Balaban J connectivity index is 1.99. The molecule has 0 aliphatic heterocycles. The Morgan fingerprint density at radius 1 is 1.50 bits per heavy atom. The van der Waals surface area contributed by atoms with Gasteiger partial charge in [0.15, 0.2) is 0 Å². The van der Waals surface area contributed by atoms with Crippen molar-refractivity contribution in [2.45, 2.75) is 38.7 Å². The Labute approximate surface area is 86.8 Å². The standard InChI is InChI=1S/C11H23NO2/c1-3-6-12-8-11(2,13)9-14-7-10-4-5-10/h10,12-13H,3-9H2,1-2H3. The molecule has 0 amide bonds. The number of rotatable bonds is 8. The summed E-state index contributed by atoms with van der Waals surface area (Å²) in [6, 6.07) is 0. The fourth-order valence-electron chi connectivity index (χ4n) is 1.32. The predicted molar refractivity (Wildman–Crippen MR) is 57.3 cm³/mol. The zero-order valence-corrected chi connectivity index (χ0v) is 9.38. The first-order chi connectivity index (χ1) is 6.64. The lowest BCUT2D eigenvalue weighted by Crippen LogP contribution is -2.42. The molecule has 3 heteroatoms. The molecular weight excluding hydrogens is 178 g/mol. The van der Waals surface area contributed by atoms with E-state index < -0.39 is 5.60 Å². The Morgan fingerprint density at radius 2 is 2.21 bits per heavy atom. The molecule has 0 saturated heterocycles. The molecule has 1 fully saturated rings. The average molecular weight is 201 g/mol. The molecule has 1 aliphatic rings. The molecule has 84 valence electrons. The number of nitrogens with one attached hydrogen (secondary N) is 1. The zero-order chi connectivity index (χ0) is 10.4. The largest absolute Gasteiger partial charge is 0.386 e. The van der Waals surface area contributed by atoms with E-state index in [-0.39, 0.29) is 0 Å². The van der Waals surface area contributed by atoms with Gasteiger partial charge in [-0.05, 0) is 38.6 Å². The molecule has 0 bridgehead atoms. The van der Waals surface area contributed by atoms with Gasteiger partial charge in [0.25, 0.3) is 0 Å². The summed E-state index contributed by atoms with van der Waals surface area (Å²) in [5, 5.41) is 13.1. The lowest BCUT2D eigenvalue weighted by atomic mass is 10.1. The van der Waals surface area contributed by atoms with E-state index in [1.807, 2.05) is 6.92 Å². The van der Waals surface area contributed by atoms with E-state index >= 15 is 0 Å². The van der Waals surface area contributed by atoms with Crippen molar-refractivity contribution in [2.75, 3.05) is 26.3 Å². The van der Waals surface area contributed by atoms with E-state index in [0.717, 1.165) is 25.5 Å². The fourth-order valence-corrected chi connectivity index (χ4v) is 1.32. The maximum Gasteiger partial charge on any atom is 0.0975 e. The second-order valence-corrected chi connectivity index (χ2v) is 4.63. The van der Waals surface area contributed by atoms with E-state index in [1.54, 1.807) is 0 Å². The van der Waals surface area contributed by atoms with E-state index in [2.05, 4.69) is 12.2 Å². The zero-order valence-electron chi connectivity index (χ0n) is 9.38. The van der Waals surface area contributed by atoms with Gasteiger partial charge < -0.3 is 15.2 Å². The topological polar surface area (TPSA) is 41.5 Å². The van der Waals surface area contributed by atoms with Gasteiger partial charge in [-0.25, -0.2) is 0 Å². The summed E-state index contributed by atoms with van der Waals surface area (Å²) in [7, 11) is 0. The fraction of sp³-hybridized carbons (Fsp3) is 1.00. The average Bonchev–Trinajstić information content (AvgIpc) is 2.88. The second kappa shape index (κ2) is 5.69.